The minimum absolute atomic E-state index is 0.0248. The first-order valence-corrected chi connectivity index (χ1v) is 5.21. The van der Waals surface area contributed by atoms with E-state index in [0.29, 0.717) is 6.54 Å². The zero-order valence-corrected chi connectivity index (χ0v) is 10.5. The molecule has 0 rings (SSSR count). The third-order valence-electron chi connectivity index (χ3n) is 2.04. The Balaban J connectivity index is 3.91. The lowest BCUT2D eigenvalue weighted by molar-refractivity contribution is -0.128. The topological polar surface area (TPSA) is 87.5 Å². The quantitative estimate of drug-likeness (QED) is 0.533. The van der Waals surface area contributed by atoms with Crippen LogP contribution in [0.1, 0.15) is 20.8 Å². The molecule has 6 heteroatoms. The molecule has 6 nitrogen and oxygen atoms in total. The number of carbonyl (C=O) groups is 2. The molecule has 0 saturated heterocycles. The highest BCUT2D eigenvalue weighted by Gasteiger charge is 2.19. The average molecular weight is 230 g/mol. The summed E-state index contributed by atoms with van der Waals surface area (Å²) in [6, 6.07) is 0. The van der Waals surface area contributed by atoms with E-state index in [1.165, 1.54) is 6.92 Å². The molecule has 0 atom stereocenters. The molecule has 0 bridgehead atoms. The number of nitrogens with two attached hydrogens (primary N) is 1. The summed E-state index contributed by atoms with van der Waals surface area (Å²) in [6.07, 6.45) is 0. The molecule has 0 unspecified atom stereocenters. The van der Waals surface area contributed by atoms with E-state index in [-0.39, 0.29) is 23.8 Å². The van der Waals surface area contributed by atoms with Gasteiger partial charge in [-0.3, -0.25) is 25.3 Å². The maximum atomic E-state index is 11.3. The van der Waals surface area contributed by atoms with Crippen molar-refractivity contribution in [2.75, 3.05) is 26.7 Å². The Labute approximate surface area is 96.5 Å². The van der Waals surface area contributed by atoms with Crippen molar-refractivity contribution in [2.24, 2.45) is 11.1 Å². The van der Waals surface area contributed by atoms with Crippen LogP contribution in [-0.2, 0) is 9.59 Å². The van der Waals surface area contributed by atoms with Crippen molar-refractivity contribution in [3.05, 3.63) is 0 Å². The van der Waals surface area contributed by atoms with Gasteiger partial charge in [-0.2, -0.15) is 0 Å². The zero-order valence-electron chi connectivity index (χ0n) is 10.5. The highest BCUT2D eigenvalue weighted by atomic mass is 16.2. The van der Waals surface area contributed by atoms with E-state index >= 15 is 0 Å². The van der Waals surface area contributed by atoms with E-state index in [1.807, 2.05) is 25.8 Å². The third-order valence-corrected chi connectivity index (χ3v) is 2.04. The molecule has 4 N–H and O–H groups in total. The van der Waals surface area contributed by atoms with Gasteiger partial charge in [0, 0.05) is 13.5 Å². The van der Waals surface area contributed by atoms with Crippen LogP contribution in [0.4, 0.5) is 0 Å². The number of nitrogens with one attached hydrogen (secondary N) is 2. The number of hydrogen-bond acceptors (Lipinski definition) is 4. The number of carbonyl (C=O) groups excluding carboxylic acids is 2. The first-order chi connectivity index (χ1) is 7.26. The molecule has 0 spiro atoms. The lowest BCUT2D eigenvalue weighted by atomic mass is 9.93. The lowest BCUT2D eigenvalue weighted by Gasteiger charge is -2.28. The van der Waals surface area contributed by atoms with Crippen molar-refractivity contribution < 1.29 is 9.59 Å². The Hall–Kier alpha value is -1.14. The summed E-state index contributed by atoms with van der Waals surface area (Å²) < 4.78 is 0. The van der Waals surface area contributed by atoms with Crippen LogP contribution in [0.5, 0.6) is 0 Å². The summed E-state index contributed by atoms with van der Waals surface area (Å²) in [5.41, 5.74) is 10.1. The van der Waals surface area contributed by atoms with Crippen LogP contribution < -0.4 is 16.6 Å². The first-order valence-electron chi connectivity index (χ1n) is 5.21. The standard InChI is InChI=1S/C10H22N4O2/c1-8(15)12-13-9(16)5-14(4)7-10(2,3)6-11/h5-7,11H2,1-4H3,(H,12,15)(H,13,16). The van der Waals surface area contributed by atoms with Gasteiger partial charge in [-0.1, -0.05) is 13.8 Å². The lowest BCUT2D eigenvalue weighted by Crippen LogP contribution is -2.47. The third kappa shape index (κ3) is 7.19. The molecule has 0 radical (unpaired) electrons. The van der Waals surface area contributed by atoms with Gasteiger partial charge < -0.3 is 5.73 Å². The van der Waals surface area contributed by atoms with E-state index in [0.717, 1.165) is 6.54 Å². The Morgan fingerprint density at radius 1 is 1.31 bits per heavy atom. The number of hydrazine groups is 1. The number of likely N-dealkylation sites (N-methyl/N-ethyl adjacent to an activating group) is 1. The van der Waals surface area contributed by atoms with Crippen molar-refractivity contribution in [1.29, 1.82) is 0 Å². The molecular weight excluding hydrogens is 208 g/mol. The van der Waals surface area contributed by atoms with Gasteiger partial charge in [-0.25, -0.2) is 0 Å². The normalized spacial score (nSPS) is 11.4. The minimum atomic E-state index is -0.293. The van der Waals surface area contributed by atoms with Gasteiger partial charge in [0.25, 0.3) is 5.91 Å². The SMILES string of the molecule is CC(=O)NNC(=O)CN(C)CC(C)(C)CN. The van der Waals surface area contributed by atoms with Gasteiger partial charge in [0.05, 0.1) is 6.54 Å². The number of nitrogens with zero attached hydrogens (tertiary/aromatic N) is 1. The van der Waals surface area contributed by atoms with E-state index in [9.17, 15) is 9.59 Å². The first kappa shape index (κ1) is 14.9. The molecule has 0 aromatic rings. The van der Waals surface area contributed by atoms with Crippen molar-refractivity contribution in [2.45, 2.75) is 20.8 Å². The smallest absolute Gasteiger partial charge is 0.252 e. The van der Waals surface area contributed by atoms with Gasteiger partial charge in [-0.15, -0.1) is 0 Å². The van der Waals surface area contributed by atoms with Crippen molar-refractivity contribution in [3.8, 4) is 0 Å². The molecule has 94 valence electrons. The molecule has 0 saturated carbocycles. The molecule has 0 fully saturated rings. The highest BCUT2D eigenvalue weighted by molar-refractivity contribution is 5.81. The summed E-state index contributed by atoms with van der Waals surface area (Å²) in [7, 11) is 1.84. The van der Waals surface area contributed by atoms with Crippen molar-refractivity contribution in [1.82, 2.24) is 15.8 Å². The van der Waals surface area contributed by atoms with Gasteiger partial charge in [-0.05, 0) is 19.0 Å². The van der Waals surface area contributed by atoms with Crippen molar-refractivity contribution in [3.63, 3.8) is 0 Å². The second kappa shape index (κ2) is 6.44. The maximum Gasteiger partial charge on any atom is 0.252 e. The number of hydrogen-bond donors (Lipinski definition) is 3. The Bertz CT molecular complexity index is 253. The fourth-order valence-corrected chi connectivity index (χ4v) is 1.29. The van der Waals surface area contributed by atoms with E-state index in [4.69, 9.17) is 5.73 Å². The molecule has 16 heavy (non-hydrogen) atoms. The van der Waals surface area contributed by atoms with E-state index < -0.39 is 0 Å². The molecule has 0 aromatic carbocycles. The fourth-order valence-electron chi connectivity index (χ4n) is 1.29. The van der Waals surface area contributed by atoms with Crippen LogP contribution in [0, 0.1) is 5.41 Å². The van der Waals surface area contributed by atoms with Gasteiger partial charge in [0.1, 0.15) is 0 Å². The summed E-state index contributed by atoms with van der Waals surface area (Å²) in [6.45, 7) is 6.91. The Morgan fingerprint density at radius 3 is 2.31 bits per heavy atom. The number of amides is 2. The largest absolute Gasteiger partial charge is 0.330 e. The average Bonchev–Trinajstić information content (AvgIpc) is 2.13. The van der Waals surface area contributed by atoms with Gasteiger partial charge in [0.15, 0.2) is 0 Å². The monoisotopic (exact) mass is 230 g/mol. The molecule has 0 aliphatic heterocycles. The Morgan fingerprint density at radius 2 is 1.88 bits per heavy atom. The van der Waals surface area contributed by atoms with Crippen molar-refractivity contribution >= 4 is 11.8 Å². The minimum Gasteiger partial charge on any atom is -0.330 e. The Kier molecular flexibility index (Phi) is 5.98. The molecular formula is C10H22N4O2. The van der Waals surface area contributed by atoms with Crippen LogP contribution in [0.2, 0.25) is 0 Å². The van der Waals surface area contributed by atoms with E-state index in [1.54, 1.807) is 0 Å². The van der Waals surface area contributed by atoms with Crippen LogP contribution in [-0.4, -0.2) is 43.4 Å². The molecule has 0 heterocycles. The summed E-state index contributed by atoms with van der Waals surface area (Å²) in [5, 5.41) is 0. The predicted molar refractivity (Wildman–Crippen MR) is 62.3 cm³/mol. The second-order valence-electron chi connectivity index (χ2n) is 4.77. The summed E-state index contributed by atoms with van der Waals surface area (Å²) in [5.74, 6) is -0.538. The van der Waals surface area contributed by atoms with Crippen LogP contribution in [0.15, 0.2) is 0 Å². The van der Waals surface area contributed by atoms with Crippen LogP contribution in [0.25, 0.3) is 0 Å². The van der Waals surface area contributed by atoms with Crippen LogP contribution >= 0.6 is 0 Å². The molecule has 0 aromatic heterocycles. The summed E-state index contributed by atoms with van der Waals surface area (Å²) in [4.78, 5) is 23.8. The summed E-state index contributed by atoms with van der Waals surface area (Å²) >= 11 is 0. The maximum absolute atomic E-state index is 11.3. The van der Waals surface area contributed by atoms with Gasteiger partial charge >= 0.3 is 0 Å². The zero-order chi connectivity index (χ0) is 12.8. The van der Waals surface area contributed by atoms with E-state index in [2.05, 4.69) is 10.9 Å². The second-order valence-corrected chi connectivity index (χ2v) is 4.77. The predicted octanol–water partition coefficient (Wildman–Crippen LogP) is -0.930. The fraction of sp³-hybridized carbons (Fsp3) is 0.800. The van der Waals surface area contributed by atoms with Gasteiger partial charge in [0.2, 0.25) is 5.91 Å². The highest BCUT2D eigenvalue weighted by Crippen LogP contribution is 2.13. The number of rotatable bonds is 5. The molecule has 0 aliphatic rings. The van der Waals surface area contributed by atoms with Crippen LogP contribution in [0.3, 0.4) is 0 Å². The molecule has 2 amide bonds. The molecule has 0 aliphatic carbocycles.